The van der Waals surface area contributed by atoms with E-state index in [4.69, 9.17) is 4.43 Å². The van der Waals surface area contributed by atoms with Gasteiger partial charge in [-0.15, -0.1) is 0 Å². The topological polar surface area (TPSA) is 43.4 Å². The van der Waals surface area contributed by atoms with Gasteiger partial charge in [0, 0.05) is 0 Å². The van der Waals surface area contributed by atoms with Crippen molar-refractivity contribution in [2.45, 2.75) is 19.6 Å². The molecule has 0 N–H and O–H groups in total. The number of ketones is 1. The monoisotopic (exact) mass is 238 g/mol. The highest BCUT2D eigenvalue weighted by molar-refractivity contribution is 9.09. The standard InChI is InChI=1S/C6H11BrO3Si/c1-11(2,3)10-6(9)5(8)4-7/h4H2,1-3H3. The summed E-state index contributed by atoms with van der Waals surface area (Å²) in [5.74, 6) is -1.24. The number of rotatable bonds is 3. The molecule has 0 aromatic carbocycles. The van der Waals surface area contributed by atoms with Gasteiger partial charge in [0.25, 0.3) is 0 Å². The Morgan fingerprint density at radius 3 is 2.09 bits per heavy atom. The highest BCUT2D eigenvalue weighted by Gasteiger charge is 2.23. The maximum Gasteiger partial charge on any atom is 0.362 e. The number of halogens is 1. The Bertz CT molecular complexity index is 173. The van der Waals surface area contributed by atoms with E-state index >= 15 is 0 Å². The van der Waals surface area contributed by atoms with Gasteiger partial charge >= 0.3 is 5.97 Å². The van der Waals surface area contributed by atoms with Gasteiger partial charge < -0.3 is 4.43 Å². The van der Waals surface area contributed by atoms with Gasteiger partial charge in [-0.3, -0.25) is 4.79 Å². The molecule has 0 radical (unpaired) electrons. The van der Waals surface area contributed by atoms with Gasteiger partial charge in [0.05, 0.1) is 5.33 Å². The zero-order valence-electron chi connectivity index (χ0n) is 6.81. The molecule has 0 fully saturated rings. The summed E-state index contributed by atoms with van der Waals surface area (Å²) in [5, 5.41) is 0.0380. The van der Waals surface area contributed by atoms with Crippen molar-refractivity contribution < 1.29 is 14.0 Å². The van der Waals surface area contributed by atoms with Crippen LogP contribution in [-0.2, 0) is 14.0 Å². The Morgan fingerprint density at radius 1 is 1.36 bits per heavy atom. The molecule has 3 nitrogen and oxygen atoms in total. The largest absolute Gasteiger partial charge is 0.514 e. The predicted molar refractivity (Wildman–Crippen MR) is 48.2 cm³/mol. The molecule has 0 atom stereocenters. The highest BCUT2D eigenvalue weighted by Crippen LogP contribution is 2.03. The van der Waals surface area contributed by atoms with E-state index in [2.05, 4.69) is 15.9 Å². The summed E-state index contributed by atoms with van der Waals surface area (Å²) in [5.41, 5.74) is 0. The summed E-state index contributed by atoms with van der Waals surface area (Å²) in [7, 11) is -1.89. The average Bonchev–Trinajstić information content (AvgIpc) is 1.82. The lowest BCUT2D eigenvalue weighted by atomic mass is 10.5. The second kappa shape index (κ2) is 4.01. The van der Waals surface area contributed by atoms with E-state index in [1.807, 2.05) is 19.6 Å². The van der Waals surface area contributed by atoms with Crippen LogP contribution < -0.4 is 0 Å². The van der Waals surface area contributed by atoms with Crippen molar-refractivity contribution in [1.82, 2.24) is 0 Å². The van der Waals surface area contributed by atoms with Crippen LogP contribution in [0.15, 0.2) is 0 Å². The molecule has 0 heterocycles. The maximum absolute atomic E-state index is 10.8. The third kappa shape index (κ3) is 5.14. The number of hydrogen-bond acceptors (Lipinski definition) is 3. The lowest BCUT2D eigenvalue weighted by Crippen LogP contribution is -2.33. The van der Waals surface area contributed by atoms with Gasteiger partial charge in [-0.2, -0.15) is 0 Å². The van der Waals surface area contributed by atoms with E-state index in [1.165, 1.54) is 0 Å². The van der Waals surface area contributed by atoms with Crippen LogP contribution in [0.3, 0.4) is 0 Å². The van der Waals surface area contributed by atoms with E-state index in [1.54, 1.807) is 0 Å². The van der Waals surface area contributed by atoms with E-state index < -0.39 is 20.1 Å². The van der Waals surface area contributed by atoms with Crippen molar-refractivity contribution in [3.05, 3.63) is 0 Å². The molecule has 5 heteroatoms. The first-order chi connectivity index (χ1) is 4.87. The minimum atomic E-state index is -1.89. The zero-order chi connectivity index (χ0) is 9.07. The molecule has 0 aromatic heterocycles. The van der Waals surface area contributed by atoms with Crippen LogP contribution in [-0.4, -0.2) is 25.4 Å². The Kier molecular flexibility index (Phi) is 3.95. The first-order valence-corrected chi connectivity index (χ1v) is 7.72. The summed E-state index contributed by atoms with van der Waals surface area (Å²) in [6, 6.07) is 0. The number of Topliss-reactive ketones (excluding diaryl/α,β-unsaturated/α-hetero) is 1. The van der Waals surface area contributed by atoms with Gasteiger partial charge in [-0.25, -0.2) is 4.79 Å². The lowest BCUT2D eigenvalue weighted by Gasteiger charge is -2.15. The van der Waals surface area contributed by atoms with Gasteiger partial charge in [-0.05, 0) is 19.6 Å². The summed E-state index contributed by atoms with van der Waals surface area (Å²) >= 11 is 2.89. The maximum atomic E-state index is 10.8. The fraction of sp³-hybridized carbons (Fsp3) is 0.667. The summed E-state index contributed by atoms with van der Waals surface area (Å²) in [6.07, 6.45) is 0. The minimum Gasteiger partial charge on any atom is -0.514 e. The minimum absolute atomic E-state index is 0.0380. The Morgan fingerprint density at radius 2 is 1.82 bits per heavy atom. The Labute approximate surface area is 75.4 Å². The first kappa shape index (κ1) is 10.8. The smallest absolute Gasteiger partial charge is 0.362 e. The van der Waals surface area contributed by atoms with Crippen molar-refractivity contribution in [3.8, 4) is 0 Å². The van der Waals surface area contributed by atoms with E-state index in [9.17, 15) is 9.59 Å². The molecule has 0 aliphatic carbocycles. The first-order valence-electron chi connectivity index (χ1n) is 3.19. The molecule has 0 unspecified atom stereocenters. The molecule has 0 amide bonds. The van der Waals surface area contributed by atoms with E-state index in [0.717, 1.165) is 0 Å². The molecular weight excluding hydrogens is 228 g/mol. The second-order valence-electron chi connectivity index (χ2n) is 3.06. The van der Waals surface area contributed by atoms with Crippen molar-refractivity contribution in [3.63, 3.8) is 0 Å². The molecule has 0 aliphatic rings. The number of alkyl halides is 1. The number of carbonyl (C=O) groups is 2. The lowest BCUT2D eigenvalue weighted by molar-refractivity contribution is -0.146. The molecule has 64 valence electrons. The van der Waals surface area contributed by atoms with Crippen molar-refractivity contribution >= 4 is 36.0 Å². The van der Waals surface area contributed by atoms with Gasteiger partial charge in [-0.1, -0.05) is 15.9 Å². The third-order valence-corrected chi connectivity index (χ3v) is 2.05. The average molecular weight is 239 g/mol. The fourth-order valence-electron chi connectivity index (χ4n) is 0.390. The van der Waals surface area contributed by atoms with Crippen LogP contribution in [0.2, 0.25) is 19.6 Å². The quantitative estimate of drug-likeness (QED) is 0.424. The van der Waals surface area contributed by atoms with Crippen LogP contribution in [0.4, 0.5) is 0 Å². The van der Waals surface area contributed by atoms with Gasteiger partial charge in [0.1, 0.15) is 0 Å². The Hall–Kier alpha value is -0.163. The van der Waals surface area contributed by atoms with Crippen molar-refractivity contribution in [2.24, 2.45) is 0 Å². The molecule has 0 saturated heterocycles. The number of hydrogen-bond donors (Lipinski definition) is 0. The molecule has 0 aliphatic heterocycles. The zero-order valence-corrected chi connectivity index (χ0v) is 9.40. The molecule has 0 rings (SSSR count). The Balaban J connectivity index is 3.99. The molecule has 0 saturated carbocycles. The fourth-order valence-corrected chi connectivity index (χ4v) is 1.29. The van der Waals surface area contributed by atoms with Crippen LogP contribution >= 0.6 is 15.9 Å². The van der Waals surface area contributed by atoms with Gasteiger partial charge in [0.15, 0.2) is 0 Å². The third-order valence-electron chi connectivity index (χ3n) is 0.748. The van der Waals surface area contributed by atoms with Crippen LogP contribution in [0, 0.1) is 0 Å². The van der Waals surface area contributed by atoms with Crippen LogP contribution in [0.25, 0.3) is 0 Å². The van der Waals surface area contributed by atoms with Crippen LogP contribution in [0.1, 0.15) is 0 Å². The highest BCUT2D eigenvalue weighted by atomic mass is 79.9. The molecule has 11 heavy (non-hydrogen) atoms. The molecular formula is C6H11BrO3Si. The SMILES string of the molecule is C[Si](C)(C)OC(=O)C(=O)CBr. The molecule has 0 bridgehead atoms. The van der Waals surface area contributed by atoms with Gasteiger partial charge in [0.2, 0.25) is 14.1 Å². The van der Waals surface area contributed by atoms with E-state index in [0.29, 0.717) is 0 Å². The second-order valence-corrected chi connectivity index (χ2v) is 8.05. The van der Waals surface area contributed by atoms with Crippen molar-refractivity contribution in [2.75, 3.05) is 5.33 Å². The van der Waals surface area contributed by atoms with E-state index in [-0.39, 0.29) is 5.33 Å². The normalized spacial score (nSPS) is 10.9. The molecule has 0 aromatic rings. The predicted octanol–water partition coefficient (Wildman–Crippen LogP) is 1.33. The summed E-state index contributed by atoms with van der Waals surface area (Å²) < 4.78 is 4.91. The van der Waals surface area contributed by atoms with Crippen molar-refractivity contribution in [1.29, 1.82) is 0 Å². The molecule has 0 spiro atoms. The summed E-state index contributed by atoms with van der Waals surface area (Å²) in [4.78, 5) is 21.5. The summed E-state index contributed by atoms with van der Waals surface area (Å²) in [6.45, 7) is 5.56. The number of carbonyl (C=O) groups excluding carboxylic acids is 2. The van der Waals surface area contributed by atoms with Crippen LogP contribution in [0.5, 0.6) is 0 Å².